The zero-order chi connectivity index (χ0) is 14.0. The van der Waals surface area contributed by atoms with E-state index in [1.165, 1.54) is 9.13 Å². The van der Waals surface area contributed by atoms with Crippen LogP contribution < -0.4 is 11.3 Å². The van der Waals surface area contributed by atoms with Crippen molar-refractivity contribution in [2.75, 3.05) is 19.8 Å². The molecule has 3 unspecified atom stereocenters. The smallest absolute Gasteiger partial charge is 0.0940 e. The summed E-state index contributed by atoms with van der Waals surface area (Å²) in [6.45, 7) is 2.35. The molecule has 110 valence electrons. The van der Waals surface area contributed by atoms with Crippen LogP contribution in [0.25, 0.3) is 0 Å². The van der Waals surface area contributed by atoms with Gasteiger partial charge in [-0.05, 0) is 59.0 Å². The lowest BCUT2D eigenvalue weighted by Gasteiger charge is -2.40. The van der Waals surface area contributed by atoms with Crippen molar-refractivity contribution >= 4 is 22.6 Å². The molecule has 2 fully saturated rings. The third kappa shape index (κ3) is 3.01. The van der Waals surface area contributed by atoms with Crippen molar-refractivity contribution in [2.45, 2.75) is 30.9 Å². The Morgan fingerprint density at radius 2 is 2.30 bits per heavy atom. The highest BCUT2D eigenvalue weighted by atomic mass is 127. The zero-order valence-corrected chi connectivity index (χ0v) is 13.6. The van der Waals surface area contributed by atoms with E-state index in [4.69, 9.17) is 15.3 Å². The number of hydrogen-bond acceptors (Lipinski definition) is 4. The molecule has 1 aromatic carbocycles. The van der Waals surface area contributed by atoms with Gasteiger partial charge in [0.25, 0.3) is 0 Å². The Bertz CT molecular complexity index is 463. The van der Waals surface area contributed by atoms with Crippen LogP contribution >= 0.6 is 22.6 Å². The molecule has 0 radical (unpaired) electrons. The molecule has 3 rings (SSSR count). The second-order valence-electron chi connectivity index (χ2n) is 5.79. The van der Waals surface area contributed by atoms with Crippen molar-refractivity contribution in [2.24, 2.45) is 11.8 Å². The van der Waals surface area contributed by atoms with Crippen LogP contribution in [0.4, 0.5) is 0 Å². The highest BCUT2D eigenvalue weighted by Gasteiger charge is 2.43. The average molecular weight is 388 g/mol. The van der Waals surface area contributed by atoms with E-state index in [0.717, 1.165) is 39.1 Å². The molecule has 0 aromatic heterocycles. The first-order valence-corrected chi connectivity index (χ1v) is 8.24. The van der Waals surface area contributed by atoms with E-state index in [1.807, 2.05) is 0 Å². The summed E-state index contributed by atoms with van der Waals surface area (Å²) in [6, 6.07) is 8.74. The molecule has 2 aliphatic rings. The van der Waals surface area contributed by atoms with Gasteiger partial charge in [0.1, 0.15) is 0 Å². The van der Waals surface area contributed by atoms with E-state index in [2.05, 4.69) is 52.3 Å². The lowest BCUT2D eigenvalue weighted by atomic mass is 9.79. The standard InChI is InChI=1S/C15H21IN2O2/c16-13-3-1-2-11(8-13)14(18-17)12-4-6-20-15(9-12)5-7-19-10-15/h1-3,8,12,14,18H,4-7,9-10,17H2. The molecule has 3 N–H and O–H groups in total. The first-order valence-electron chi connectivity index (χ1n) is 7.16. The Morgan fingerprint density at radius 3 is 3.00 bits per heavy atom. The number of ether oxygens (including phenoxy) is 2. The third-order valence-electron chi connectivity index (χ3n) is 4.46. The molecule has 0 amide bonds. The van der Waals surface area contributed by atoms with Crippen molar-refractivity contribution in [1.82, 2.24) is 5.43 Å². The summed E-state index contributed by atoms with van der Waals surface area (Å²) in [5.74, 6) is 6.34. The Labute approximate surface area is 133 Å². The minimum Gasteiger partial charge on any atom is -0.378 e. The van der Waals surface area contributed by atoms with E-state index in [0.29, 0.717) is 5.92 Å². The van der Waals surface area contributed by atoms with Gasteiger partial charge in [0, 0.05) is 29.2 Å². The van der Waals surface area contributed by atoms with Gasteiger partial charge in [-0.2, -0.15) is 0 Å². The summed E-state index contributed by atoms with van der Waals surface area (Å²) in [5, 5.41) is 0. The second-order valence-corrected chi connectivity index (χ2v) is 7.03. The molecule has 1 spiro atoms. The van der Waals surface area contributed by atoms with E-state index >= 15 is 0 Å². The van der Waals surface area contributed by atoms with Crippen molar-refractivity contribution in [3.63, 3.8) is 0 Å². The molecular formula is C15H21IN2O2. The van der Waals surface area contributed by atoms with E-state index < -0.39 is 0 Å². The first kappa shape index (κ1) is 14.7. The van der Waals surface area contributed by atoms with E-state index in [9.17, 15) is 0 Å². The molecule has 2 heterocycles. The van der Waals surface area contributed by atoms with Crippen LogP contribution in [-0.4, -0.2) is 25.4 Å². The summed E-state index contributed by atoms with van der Waals surface area (Å²) in [7, 11) is 0. The van der Waals surface area contributed by atoms with Crippen molar-refractivity contribution in [1.29, 1.82) is 0 Å². The predicted molar refractivity (Wildman–Crippen MR) is 86.1 cm³/mol. The van der Waals surface area contributed by atoms with Gasteiger partial charge in [-0.25, -0.2) is 0 Å². The summed E-state index contributed by atoms with van der Waals surface area (Å²) in [5.41, 5.74) is 4.22. The van der Waals surface area contributed by atoms with Crippen LogP contribution in [0, 0.1) is 9.49 Å². The van der Waals surface area contributed by atoms with Crippen molar-refractivity contribution in [3.8, 4) is 0 Å². The van der Waals surface area contributed by atoms with Crippen LogP contribution in [0.15, 0.2) is 24.3 Å². The summed E-state index contributed by atoms with van der Waals surface area (Å²) >= 11 is 2.34. The fraction of sp³-hybridized carbons (Fsp3) is 0.600. The van der Waals surface area contributed by atoms with Crippen LogP contribution in [0.3, 0.4) is 0 Å². The summed E-state index contributed by atoms with van der Waals surface area (Å²) in [4.78, 5) is 0. The lowest BCUT2D eigenvalue weighted by molar-refractivity contribution is -0.103. The number of nitrogens with one attached hydrogen (secondary N) is 1. The van der Waals surface area contributed by atoms with Crippen LogP contribution in [0.1, 0.15) is 30.9 Å². The molecule has 1 aromatic rings. The van der Waals surface area contributed by atoms with Gasteiger partial charge < -0.3 is 9.47 Å². The maximum atomic E-state index is 6.02. The minimum atomic E-state index is -0.0695. The van der Waals surface area contributed by atoms with Crippen LogP contribution in [0.5, 0.6) is 0 Å². The molecule has 20 heavy (non-hydrogen) atoms. The molecular weight excluding hydrogens is 367 g/mol. The largest absolute Gasteiger partial charge is 0.378 e. The van der Waals surface area contributed by atoms with Crippen molar-refractivity contribution in [3.05, 3.63) is 33.4 Å². The number of rotatable bonds is 3. The first-order chi connectivity index (χ1) is 9.72. The molecule has 2 aliphatic heterocycles. The average Bonchev–Trinajstić information content (AvgIpc) is 2.88. The molecule has 2 saturated heterocycles. The third-order valence-corrected chi connectivity index (χ3v) is 5.13. The number of nitrogens with two attached hydrogens (primary N) is 1. The van der Waals surface area contributed by atoms with Gasteiger partial charge in [-0.1, -0.05) is 12.1 Å². The highest BCUT2D eigenvalue weighted by molar-refractivity contribution is 14.1. The lowest BCUT2D eigenvalue weighted by Crippen LogP contribution is -2.45. The monoisotopic (exact) mass is 388 g/mol. The number of hydrogen-bond donors (Lipinski definition) is 2. The molecule has 4 nitrogen and oxygen atoms in total. The van der Waals surface area contributed by atoms with E-state index in [-0.39, 0.29) is 11.6 Å². The quantitative estimate of drug-likeness (QED) is 0.474. The van der Waals surface area contributed by atoms with Gasteiger partial charge in [-0.3, -0.25) is 11.3 Å². The predicted octanol–water partition coefficient (Wildman–Crippen LogP) is 2.38. The zero-order valence-electron chi connectivity index (χ0n) is 11.5. The van der Waals surface area contributed by atoms with Gasteiger partial charge >= 0.3 is 0 Å². The topological polar surface area (TPSA) is 56.5 Å². The van der Waals surface area contributed by atoms with Gasteiger partial charge in [0.05, 0.1) is 12.2 Å². The maximum absolute atomic E-state index is 6.02. The van der Waals surface area contributed by atoms with Gasteiger partial charge in [0.2, 0.25) is 0 Å². The molecule has 3 atom stereocenters. The Kier molecular flexibility index (Phi) is 4.62. The summed E-state index contributed by atoms with van der Waals surface area (Å²) in [6.07, 6.45) is 3.07. The normalized spacial score (nSPS) is 31.6. The second kappa shape index (κ2) is 6.27. The van der Waals surface area contributed by atoms with E-state index in [1.54, 1.807) is 0 Å². The Morgan fingerprint density at radius 1 is 1.40 bits per heavy atom. The van der Waals surface area contributed by atoms with Crippen molar-refractivity contribution < 1.29 is 9.47 Å². The Hall–Kier alpha value is -0.210. The minimum absolute atomic E-state index is 0.0695. The van der Waals surface area contributed by atoms with Crippen LogP contribution in [-0.2, 0) is 9.47 Å². The molecule has 0 bridgehead atoms. The SMILES string of the molecule is NNC(c1cccc(I)c1)C1CCOC2(CCOC2)C1. The summed E-state index contributed by atoms with van der Waals surface area (Å²) < 4.78 is 12.8. The number of hydrazine groups is 1. The number of benzene rings is 1. The number of halogens is 1. The Balaban J connectivity index is 1.78. The van der Waals surface area contributed by atoms with Gasteiger partial charge in [0.15, 0.2) is 0 Å². The maximum Gasteiger partial charge on any atom is 0.0940 e. The fourth-order valence-electron chi connectivity index (χ4n) is 3.42. The molecule has 0 saturated carbocycles. The highest BCUT2D eigenvalue weighted by Crippen LogP contribution is 2.40. The molecule has 5 heteroatoms. The van der Waals surface area contributed by atoms with Gasteiger partial charge in [-0.15, -0.1) is 0 Å². The van der Waals surface area contributed by atoms with Crippen LogP contribution in [0.2, 0.25) is 0 Å². The molecule has 0 aliphatic carbocycles. The fourth-order valence-corrected chi connectivity index (χ4v) is 3.99.